The lowest BCUT2D eigenvalue weighted by Crippen LogP contribution is -2.13. The molecule has 0 bridgehead atoms. The van der Waals surface area contributed by atoms with E-state index in [2.05, 4.69) is 0 Å². The van der Waals surface area contributed by atoms with Crippen LogP contribution in [0.1, 0.15) is 20.8 Å². The Kier molecular flexibility index (Phi) is 6.99. The van der Waals surface area contributed by atoms with Crippen molar-refractivity contribution in [1.29, 1.82) is 0 Å². The summed E-state index contributed by atoms with van der Waals surface area (Å²) in [6.07, 6.45) is 0. The minimum Gasteiger partial charge on any atom is -0.479 e. The molecule has 76 valence electrons. The predicted octanol–water partition coefficient (Wildman–Crippen LogP) is 1.99. The third kappa shape index (κ3) is 8.05. The van der Waals surface area contributed by atoms with Gasteiger partial charge in [-0.15, -0.1) is 0 Å². The number of hydrogen-bond donors (Lipinski definition) is 0. The Labute approximate surface area is 88.2 Å². The Balaban J connectivity index is 3.55. The van der Waals surface area contributed by atoms with E-state index >= 15 is 0 Å². The summed E-state index contributed by atoms with van der Waals surface area (Å²) in [7, 11) is 0. The van der Waals surface area contributed by atoms with Crippen LogP contribution in [0.5, 0.6) is 0 Å². The Morgan fingerprint density at radius 2 is 2.15 bits per heavy atom. The highest BCUT2D eigenvalue weighted by Gasteiger charge is 2.08. The van der Waals surface area contributed by atoms with Crippen molar-refractivity contribution < 1.29 is 14.3 Å². The summed E-state index contributed by atoms with van der Waals surface area (Å²) in [5, 5.41) is 0.142. The van der Waals surface area contributed by atoms with Gasteiger partial charge < -0.3 is 9.47 Å². The minimum atomic E-state index is -0.269. The zero-order chi connectivity index (χ0) is 10.3. The molecule has 13 heavy (non-hydrogen) atoms. The van der Waals surface area contributed by atoms with Crippen LogP contribution in [0.25, 0.3) is 0 Å². The van der Waals surface area contributed by atoms with Crippen molar-refractivity contribution >= 4 is 34.3 Å². The summed E-state index contributed by atoms with van der Waals surface area (Å²) in [5.41, 5.74) is 0. The van der Waals surface area contributed by atoms with Gasteiger partial charge >= 0.3 is 5.97 Å². The lowest BCUT2D eigenvalue weighted by Gasteiger charge is -2.11. The molecular weight excluding hydrogens is 208 g/mol. The Hall–Kier alpha value is -0.290. The Morgan fingerprint density at radius 1 is 1.54 bits per heavy atom. The van der Waals surface area contributed by atoms with Crippen molar-refractivity contribution in [2.75, 3.05) is 13.2 Å². The highest BCUT2D eigenvalue weighted by Crippen LogP contribution is 2.14. The zero-order valence-corrected chi connectivity index (χ0v) is 9.67. The first-order valence-electron chi connectivity index (χ1n) is 4.03. The van der Waals surface area contributed by atoms with Crippen LogP contribution >= 0.6 is 24.0 Å². The van der Waals surface area contributed by atoms with Crippen LogP contribution in [0.4, 0.5) is 0 Å². The number of thiocarbonyl (C=S) groups is 1. The summed E-state index contributed by atoms with van der Waals surface area (Å²) in [4.78, 5) is 10.5. The van der Waals surface area contributed by atoms with E-state index in [1.807, 2.05) is 13.8 Å². The van der Waals surface area contributed by atoms with Gasteiger partial charge in [-0.25, -0.2) is 0 Å². The molecule has 0 amide bonds. The second-order valence-electron chi connectivity index (χ2n) is 2.41. The molecule has 5 heteroatoms. The Bertz CT molecular complexity index is 182. The Morgan fingerprint density at radius 3 is 2.62 bits per heavy atom. The van der Waals surface area contributed by atoms with E-state index in [9.17, 15) is 4.79 Å². The summed E-state index contributed by atoms with van der Waals surface area (Å²) in [6, 6.07) is 0. The van der Waals surface area contributed by atoms with Gasteiger partial charge in [0.2, 0.25) is 4.38 Å². The number of rotatable bonds is 4. The molecule has 0 aromatic rings. The second kappa shape index (κ2) is 7.15. The van der Waals surface area contributed by atoms with E-state index in [1.165, 1.54) is 18.7 Å². The molecule has 0 heterocycles. The van der Waals surface area contributed by atoms with Crippen LogP contribution in [0.3, 0.4) is 0 Å². The third-order valence-corrected chi connectivity index (χ3v) is 2.34. The lowest BCUT2D eigenvalue weighted by molar-refractivity contribution is -0.140. The van der Waals surface area contributed by atoms with Gasteiger partial charge in [0, 0.05) is 12.2 Å². The fraction of sp³-hybridized carbons (Fsp3) is 0.750. The molecule has 0 rings (SSSR count). The van der Waals surface area contributed by atoms with Crippen molar-refractivity contribution in [3.05, 3.63) is 0 Å². The first-order valence-corrected chi connectivity index (χ1v) is 5.31. The number of carbonyl (C=O) groups excluding carboxylic acids is 1. The van der Waals surface area contributed by atoms with Crippen molar-refractivity contribution in [3.8, 4) is 0 Å². The molecule has 0 N–H and O–H groups in total. The van der Waals surface area contributed by atoms with Gasteiger partial charge in [0.15, 0.2) is 0 Å². The van der Waals surface area contributed by atoms with E-state index in [0.29, 0.717) is 17.6 Å². The van der Waals surface area contributed by atoms with E-state index in [0.717, 1.165) is 0 Å². The fourth-order valence-corrected chi connectivity index (χ4v) is 1.85. The van der Waals surface area contributed by atoms with E-state index in [-0.39, 0.29) is 11.2 Å². The first-order chi connectivity index (χ1) is 6.06. The van der Waals surface area contributed by atoms with E-state index in [4.69, 9.17) is 21.7 Å². The second-order valence-corrected chi connectivity index (χ2v) is 4.45. The van der Waals surface area contributed by atoms with Gasteiger partial charge in [-0.2, -0.15) is 0 Å². The van der Waals surface area contributed by atoms with Crippen LogP contribution in [-0.2, 0) is 14.3 Å². The standard InChI is InChI=1S/C8H14O3S2/c1-4-10-8(12)13-6(2)5-11-7(3)9/h6H,4-5H2,1-3H3. The van der Waals surface area contributed by atoms with Gasteiger partial charge in [-0.3, -0.25) is 4.79 Å². The molecular formula is C8H14O3S2. The fourth-order valence-electron chi connectivity index (χ4n) is 0.585. The normalized spacial score (nSPS) is 11.9. The first kappa shape index (κ1) is 12.7. The quantitative estimate of drug-likeness (QED) is 0.537. The molecule has 0 aliphatic rings. The minimum absolute atomic E-state index is 0.142. The molecule has 0 aliphatic carbocycles. The van der Waals surface area contributed by atoms with Crippen molar-refractivity contribution in [2.45, 2.75) is 26.0 Å². The number of thioether (sulfide) groups is 1. The highest BCUT2D eigenvalue weighted by atomic mass is 32.2. The molecule has 0 aromatic heterocycles. The predicted molar refractivity (Wildman–Crippen MR) is 57.9 cm³/mol. The highest BCUT2D eigenvalue weighted by molar-refractivity contribution is 8.23. The van der Waals surface area contributed by atoms with Gasteiger partial charge in [0.25, 0.3) is 0 Å². The van der Waals surface area contributed by atoms with Crippen LogP contribution in [-0.4, -0.2) is 28.8 Å². The maximum absolute atomic E-state index is 10.5. The van der Waals surface area contributed by atoms with E-state index < -0.39 is 0 Å². The largest absolute Gasteiger partial charge is 0.479 e. The van der Waals surface area contributed by atoms with Crippen LogP contribution in [0.15, 0.2) is 0 Å². The smallest absolute Gasteiger partial charge is 0.302 e. The van der Waals surface area contributed by atoms with E-state index in [1.54, 1.807) is 0 Å². The van der Waals surface area contributed by atoms with Gasteiger partial charge in [0.05, 0.1) is 6.61 Å². The maximum Gasteiger partial charge on any atom is 0.302 e. The number of ether oxygens (including phenoxy) is 2. The summed E-state index contributed by atoms with van der Waals surface area (Å²) >= 11 is 6.31. The maximum atomic E-state index is 10.5. The summed E-state index contributed by atoms with van der Waals surface area (Å²) < 4.78 is 10.4. The van der Waals surface area contributed by atoms with Gasteiger partial charge in [-0.05, 0) is 26.1 Å². The molecule has 1 unspecified atom stereocenters. The van der Waals surface area contributed by atoms with Crippen LogP contribution < -0.4 is 0 Å². The number of hydrogen-bond acceptors (Lipinski definition) is 5. The van der Waals surface area contributed by atoms with Gasteiger partial charge in [0.1, 0.15) is 6.61 Å². The molecule has 0 saturated carbocycles. The van der Waals surface area contributed by atoms with Crippen LogP contribution in [0.2, 0.25) is 0 Å². The summed E-state index contributed by atoms with van der Waals surface area (Å²) in [6.45, 7) is 6.14. The average Bonchev–Trinajstić information content (AvgIpc) is 2.01. The molecule has 1 atom stereocenters. The van der Waals surface area contributed by atoms with Crippen molar-refractivity contribution in [3.63, 3.8) is 0 Å². The molecule has 0 fully saturated rings. The molecule has 3 nitrogen and oxygen atoms in total. The molecule has 0 aromatic carbocycles. The third-order valence-electron chi connectivity index (χ3n) is 1.08. The van der Waals surface area contributed by atoms with Crippen molar-refractivity contribution in [1.82, 2.24) is 0 Å². The zero-order valence-electron chi connectivity index (χ0n) is 8.03. The molecule has 0 radical (unpaired) electrons. The topological polar surface area (TPSA) is 35.5 Å². The lowest BCUT2D eigenvalue weighted by atomic mass is 10.5. The summed E-state index contributed by atoms with van der Waals surface area (Å²) in [5.74, 6) is -0.269. The average molecular weight is 222 g/mol. The monoisotopic (exact) mass is 222 g/mol. The number of esters is 1. The number of carbonyl (C=O) groups is 1. The molecule has 0 saturated heterocycles. The molecule has 0 spiro atoms. The van der Waals surface area contributed by atoms with Crippen molar-refractivity contribution in [2.24, 2.45) is 0 Å². The molecule has 0 aliphatic heterocycles. The van der Waals surface area contributed by atoms with Crippen LogP contribution in [0, 0.1) is 0 Å². The SMILES string of the molecule is CCOC(=S)SC(C)COC(C)=O. The van der Waals surface area contributed by atoms with Gasteiger partial charge in [-0.1, -0.05) is 11.8 Å².